The number of carbonyl (C=O) groups excluding carboxylic acids is 1. The maximum absolute atomic E-state index is 11.3. The molecule has 0 spiro atoms. The zero-order valence-electron chi connectivity index (χ0n) is 12.4. The molecule has 0 bridgehead atoms. The summed E-state index contributed by atoms with van der Waals surface area (Å²) in [6.07, 6.45) is 4.48. The fourth-order valence-corrected chi connectivity index (χ4v) is 2.68. The van der Waals surface area contributed by atoms with Crippen molar-refractivity contribution >= 4 is 17.3 Å². The predicted molar refractivity (Wildman–Crippen MR) is 82.3 cm³/mol. The third-order valence-corrected chi connectivity index (χ3v) is 4.45. The van der Waals surface area contributed by atoms with Gasteiger partial charge in [-0.15, -0.1) is 11.3 Å². The summed E-state index contributed by atoms with van der Waals surface area (Å²) in [6.45, 7) is 4.84. The molecule has 2 rings (SSSR count). The van der Waals surface area contributed by atoms with E-state index in [0.717, 1.165) is 17.1 Å². The number of carbonyl (C=O) groups is 1. The van der Waals surface area contributed by atoms with E-state index in [-0.39, 0.29) is 12.0 Å². The Balaban J connectivity index is 1.91. The molecular weight excluding hydrogens is 286 g/mol. The molecule has 2 aromatic heterocycles. The third kappa shape index (κ3) is 4.09. The first-order chi connectivity index (χ1) is 10.1. The molecule has 0 saturated carbocycles. The van der Waals surface area contributed by atoms with Crippen LogP contribution in [0, 0.1) is 0 Å². The van der Waals surface area contributed by atoms with Gasteiger partial charge in [-0.3, -0.25) is 4.98 Å². The Morgan fingerprint density at radius 2 is 2.19 bits per heavy atom. The average molecular weight is 305 g/mol. The van der Waals surface area contributed by atoms with E-state index in [1.165, 1.54) is 18.2 Å². The molecule has 0 aliphatic carbocycles. The molecular formula is C15H19N3O2S. The Labute approximate surface area is 128 Å². The van der Waals surface area contributed by atoms with Gasteiger partial charge < -0.3 is 10.1 Å². The van der Waals surface area contributed by atoms with Gasteiger partial charge in [0, 0.05) is 23.8 Å². The number of ether oxygens (including phenoxy) is 1. The third-order valence-electron chi connectivity index (χ3n) is 3.13. The fourth-order valence-electron chi connectivity index (χ4n) is 1.80. The van der Waals surface area contributed by atoms with Crippen molar-refractivity contribution in [1.82, 2.24) is 15.3 Å². The number of hydrogen-bond acceptors (Lipinski definition) is 6. The first-order valence-corrected chi connectivity index (χ1v) is 7.67. The summed E-state index contributed by atoms with van der Waals surface area (Å²) in [5.74, 6) is -0.370. The molecule has 0 amide bonds. The minimum absolute atomic E-state index is 0.178. The van der Waals surface area contributed by atoms with E-state index in [2.05, 4.69) is 33.9 Å². The van der Waals surface area contributed by atoms with Crippen LogP contribution >= 0.6 is 11.3 Å². The molecule has 112 valence electrons. The van der Waals surface area contributed by atoms with Gasteiger partial charge in [0.1, 0.15) is 5.01 Å². The monoisotopic (exact) mass is 305 g/mol. The van der Waals surface area contributed by atoms with Crippen LogP contribution in [0.15, 0.2) is 24.5 Å². The molecule has 0 saturated heterocycles. The number of thiazole rings is 1. The van der Waals surface area contributed by atoms with E-state index >= 15 is 0 Å². The SMILES string of the molecule is CCc1cnc(C(C)NCc2ccc(C(=O)OC)cn2)s1. The molecule has 0 aliphatic rings. The van der Waals surface area contributed by atoms with Gasteiger partial charge in [-0.1, -0.05) is 6.92 Å². The number of pyridine rings is 1. The number of aromatic nitrogens is 2. The van der Waals surface area contributed by atoms with Crippen LogP contribution in [0.4, 0.5) is 0 Å². The van der Waals surface area contributed by atoms with Crippen LogP contribution in [0.3, 0.4) is 0 Å². The summed E-state index contributed by atoms with van der Waals surface area (Å²) in [5.41, 5.74) is 1.34. The lowest BCUT2D eigenvalue weighted by atomic mass is 10.2. The highest BCUT2D eigenvalue weighted by atomic mass is 32.1. The number of rotatable bonds is 6. The van der Waals surface area contributed by atoms with Crippen molar-refractivity contribution in [2.45, 2.75) is 32.9 Å². The molecule has 5 nitrogen and oxygen atoms in total. The van der Waals surface area contributed by atoms with Crippen LogP contribution in [0.5, 0.6) is 0 Å². The molecule has 0 aliphatic heterocycles. The molecule has 6 heteroatoms. The van der Waals surface area contributed by atoms with Crippen molar-refractivity contribution in [3.8, 4) is 0 Å². The molecule has 1 N–H and O–H groups in total. The normalized spacial score (nSPS) is 12.1. The largest absolute Gasteiger partial charge is 0.465 e. The van der Waals surface area contributed by atoms with E-state index in [1.807, 2.05) is 12.3 Å². The smallest absolute Gasteiger partial charge is 0.339 e. The van der Waals surface area contributed by atoms with E-state index in [0.29, 0.717) is 12.1 Å². The van der Waals surface area contributed by atoms with Gasteiger partial charge in [0.2, 0.25) is 0 Å². The topological polar surface area (TPSA) is 64.1 Å². The summed E-state index contributed by atoms with van der Waals surface area (Å²) < 4.78 is 4.64. The van der Waals surface area contributed by atoms with Gasteiger partial charge in [0.15, 0.2) is 0 Å². The van der Waals surface area contributed by atoms with Crippen molar-refractivity contribution in [1.29, 1.82) is 0 Å². The Morgan fingerprint density at radius 1 is 1.38 bits per heavy atom. The molecule has 2 heterocycles. The van der Waals surface area contributed by atoms with Gasteiger partial charge in [0.25, 0.3) is 0 Å². The number of esters is 1. The molecule has 0 aromatic carbocycles. The summed E-state index contributed by atoms with van der Waals surface area (Å²) in [7, 11) is 1.36. The van der Waals surface area contributed by atoms with Gasteiger partial charge in [0.05, 0.1) is 24.4 Å². The minimum Gasteiger partial charge on any atom is -0.465 e. The number of nitrogens with one attached hydrogen (secondary N) is 1. The first-order valence-electron chi connectivity index (χ1n) is 6.85. The standard InChI is InChI=1S/C15H19N3O2S/c1-4-13-9-18-14(21-13)10(2)16-8-12-6-5-11(7-17-12)15(19)20-3/h5-7,9-10,16H,4,8H2,1-3H3. The highest BCUT2D eigenvalue weighted by Crippen LogP contribution is 2.20. The highest BCUT2D eigenvalue weighted by Gasteiger charge is 2.10. The van der Waals surface area contributed by atoms with Crippen molar-refractivity contribution in [2.75, 3.05) is 7.11 Å². The van der Waals surface area contributed by atoms with Crippen LogP contribution in [-0.2, 0) is 17.7 Å². The second-order valence-corrected chi connectivity index (χ2v) is 5.80. The lowest BCUT2D eigenvalue weighted by Gasteiger charge is -2.10. The van der Waals surface area contributed by atoms with E-state index in [1.54, 1.807) is 17.4 Å². The lowest BCUT2D eigenvalue weighted by Crippen LogP contribution is -2.18. The maximum Gasteiger partial charge on any atom is 0.339 e. The van der Waals surface area contributed by atoms with Gasteiger partial charge in [-0.25, -0.2) is 9.78 Å². The van der Waals surface area contributed by atoms with Crippen LogP contribution in [0.2, 0.25) is 0 Å². The van der Waals surface area contributed by atoms with Crippen molar-refractivity contribution in [2.24, 2.45) is 0 Å². The summed E-state index contributed by atoms with van der Waals surface area (Å²) in [6, 6.07) is 3.72. The Kier molecular flexibility index (Phi) is 5.41. The Hall–Kier alpha value is -1.79. The number of hydrogen-bond donors (Lipinski definition) is 1. The fraction of sp³-hybridized carbons (Fsp3) is 0.400. The van der Waals surface area contributed by atoms with E-state index in [4.69, 9.17) is 0 Å². The second kappa shape index (κ2) is 7.28. The van der Waals surface area contributed by atoms with Crippen LogP contribution in [0.1, 0.15) is 45.8 Å². The van der Waals surface area contributed by atoms with Crippen LogP contribution in [0.25, 0.3) is 0 Å². The molecule has 1 unspecified atom stereocenters. The van der Waals surface area contributed by atoms with E-state index in [9.17, 15) is 4.79 Å². The van der Waals surface area contributed by atoms with Crippen LogP contribution in [-0.4, -0.2) is 23.0 Å². The molecule has 2 aromatic rings. The summed E-state index contributed by atoms with van der Waals surface area (Å²) >= 11 is 1.73. The maximum atomic E-state index is 11.3. The first kappa shape index (κ1) is 15.6. The number of nitrogens with zero attached hydrogens (tertiary/aromatic N) is 2. The van der Waals surface area contributed by atoms with Crippen molar-refractivity contribution in [3.63, 3.8) is 0 Å². The van der Waals surface area contributed by atoms with Crippen molar-refractivity contribution < 1.29 is 9.53 Å². The zero-order valence-corrected chi connectivity index (χ0v) is 13.2. The lowest BCUT2D eigenvalue weighted by molar-refractivity contribution is 0.0600. The van der Waals surface area contributed by atoms with Gasteiger partial charge in [-0.05, 0) is 25.5 Å². The number of aryl methyl sites for hydroxylation is 1. The minimum atomic E-state index is -0.370. The predicted octanol–water partition coefficient (Wildman–Crippen LogP) is 2.74. The van der Waals surface area contributed by atoms with Gasteiger partial charge in [-0.2, -0.15) is 0 Å². The quantitative estimate of drug-likeness (QED) is 0.831. The Bertz CT molecular complexity index is 595. The summed E-state index contributed by atoms with van der Waals surface area (Å²) in [5, 5.41) is 4.47. The van der Waals surface area contributed by atoms with Crippen LogP contribution < -0.4 is 5.32 Å². The molecule has 1 atom stereocenters. The summed E-state index contributed by atoms with van der Waals surface area (Å²) in [4.78, 5) is 21.3. The molecule has 21 heavy (non-hydrogen) atoms. The molecule has 0 fully saturated rings. The zero-order chi connectivity index (χ0) is 15.2. The Morgan fingerprint density at radius 3 is 2.76 bits per heavy atom. The highest BCUT2D eigenvalue weighted by molar-refractivity contribution is 7.11. The van der Waals surface area contributed by atoms with E-state index < -0.39 is 0 Å². The van der Waals surface area contributed by atoms with Crippen molar-refractivity contribution in [3.05, 3.63) is 45.7 Å². The second-order valence-electron chi connectivity index (χ2n) is 4.65. The van der Waals surface area contributed by atoms with Gasteiger partial charge >= 0.3 is 5.97 Å². The molecule has 0 radical (unpaired) electrons. The number of methoxy groups -OCH3 is 1. The average Bonchev–Trinajstić information content (AvgIpc) is 3.01.